The second-order valence-corrected chi connectivity index (χ2v) is 2.88. The van der Waals surface area contributed by atoms with E-state index in [0.29, 0.717) is 0 Å². The molecule has 0 aromatic carbocycles. The van der Waals surface area contributed by atoms with E-state index in [-0.39, 0.29) is 38.2 Å². The van der Waals surface area contributed by atoms with E-state index in [9.17, 15) is 0 Å². The van der Waals surface area contributed by atoms with Gasteiger partial charge in [0, 0.05) is 52.3 Å². The second-order valence-electron chi connectivity index (χ2n) is 2.88. The van der Waals surface area contributed by atoms with Crippen molar-refractivity contribution in [2.24, 2.45) is 0 Å². The first-order chi connectivity index (χ1) is 4.83. The van der Waals surface area contributed by atoms with Gasteiger partial charge in [0.05, 0.1) is 0 Å². The van der Waals surface area contributed by atoms with E-state index in [2.05, 4.69) is 24.5 Å². The summed E-state index contributed by atoms with van der Waals surface area (Å²) in [4.78, 5) is 0. The van der Waals surface area contributed by atoms with Crippen LogP contribution in [0.1, 0.15) is 12.8 Å². The Bertz CT molecular complexity index is 94.3. The van der Waals surface area contributed by atoms with Gasteiger partial charge in [-0.3, -0.25) is 0 Å². The van der Waals surface area contributed by atoms with Crippen LogP contribution >= 0.6 is 0 Å². The van der Waals surface area contributed by atoms with Crippen LogP contribution in [0, 0.1) is 13.8 Å². The number of nitrogens with one attached hydrogen (secondary N) is 2. The van der Waals surface area contributed by atoms with Crippen molar-refractivity contribution in [1.29, 1.82) is 0 Å². The van der Waals surface area contributed by atoms with Crippen molar-refractivity contribution >= 4 is 0 Å². The molecule has 1 aliphatic heterocycles. The van der Waals surface area contributed by atoms with Crippen LogP contribution in [-0.4, -0.2) is 25.2 Å². The predicted octanol–water partition coefficient (Wildman–Crippen LogP) is 0.364. The van der Waals surface area contributed by atoms with Gasteiger partial charge in [-0.25, -0.2) is 0 Å². The topological polar surface area (TPSA) is 24.1 Å². The molecule has 1 heterocycles. The van der Waals surface area contributed by atoms with Crippen molar-refractivity contribution < 1.29 is 32.7 Å². The summed E-state index contributed by atoms with van der Waals surface area (Å²) in [5, 5.41) is 6.78. The fourth-order valence-corrected chi connectivity index (χ4v) is 1.28. The van der Waals surface area contributed by atoms with Crippen LogP contribution in [0.5, 0.6) is 0 Å². The van der Waals surface area contributed by atoms with Gasteiger partial charge in [-0.1, -0.05) is 0 Å². The molecule has 0 unspecified atom stereocenters. The Morgan fingerprint density at radius 1 is 1.18 bits per heavy atom. The summed E-state index contributed by atoms with van der Waals surface area (Å²) in [6, 6.07) is 0. The van der Waals surface area contributed by atoms with E-state index >= 15 is 0 Å². The first kappa shape index (κ1) is 12.0. The van der Waals surface area contributed by atoms with Crippen LogP contribution in [0.15, 0.2) is 0 Å². The van der Waals surface area contributed by atoms with E-state index in [0.717, 1.165) is 32.5 Å². The van der Waals surface area contributed by atoms with E-state index < -0.39 is 0 Å². The van der Waals surface area contributed by atoms with Gasteiger partial charge in [0.1, 0.15) is 0 Å². The molecule has 0 atom stereocenters. The van der Waals surface area contributed by atoms with Crippen LogP contribution in [-0.2, 0) is 32.7 Å². The average molecular weight is 229 g/mol. The number of hydrogen-bond donors (Lipinski definition) is 2. The summed E-state index contributed by atoms with van der Waals surface area (Å²) in [5.74, 6) is 0. The van der Waals surface area contributed by atoms with Gasteiger partial charge in [-0.2, -0.15) is 12.8 Å². The Morgan fingerprint density at radius 3 is 2.09 bits per heavy atom. The van der Waals surface area contributed by atoms with Gasteiger partial charge < -0.3 is 24.5 Å². The molecule has 1 fully saturated rings. The molecule has 1 aliphatic rings. The Labute approximate surface area is 94.8 Å². The predicted molar refractivity (Wildman–Crippen MR) is 43.6 cm³/mol. The fourth-order valence-electron chi connectivity index (χ4n) is 1.28. The van der Waals surface area contributed by atoms with Crippen molar-refractivity contribution in [3.63, 3.8) is 0 Å². The quantitative estimate of drug-likeness (QED) is 0.668. The minimum Gasteiger partial charge on any atom is -0.342 e. The second kappa shape index (κ2) is 5.63. The van der Waals surface area contributed by atoms with E-state index in [4.69, 9.17) is 0 Å². The summed E-state index contributed by atoms with van der Waals surface area (Å²) in [7, 11) is 0. The zero-order chi connectivity index (χ0) is 7.45. The molecule has 0 amide bonds. The molecule has 2 N–H and O–H groups in total. The summed E-state index contributed by atoms with van der Waals surface area (Å²) >= 11 is 0. The molecular formula is C8H16N2Y-2. The average Bonchev–Trinajstić information content (AvgIpc) is 2.06. The molecule has 0 saturated carbocycles. The van der Waals surface area contributed by atoms with Crippen molar-refractivity contribution in [2.45, 2.75) is 18.4 Å². The maximum atomic E-state index is 3.91. The molecule has 3 heteroatoms. The van der Waals surface area contributed by atoms with Crippen LogP contribution in [0.2, 0.25) is 0 Å². The smallest absolute Gasteiger partial charge is 0.00851 e. The van der Waals surface area contributed by atoms with Crippen LogP contribution in [0.3, 0.4) is 0 Å². The summed E-state index contributed by atoms with van der Waals surface area (Å²) in [6.45, 7) is 11.0. The minimum absolute atomic E-state index is 0. The maximum absolute atomic E-state index is 3.91. The first-order valence-electron chi connectivity index (χ1n) is 3.87. The molecule has 0 bridgehead atoms. The normalized spacial score (nSPS) is 22.4. The summed E-state index contributed by atoms with van der Waals surface area (Å²) in [5.41, 5.74) is 0.179. The zero-order valence-corrected chi connectivity index (χ0v) is 9.87. The largest absolute Gasteiger partial charge is 0.342 e. The van der Waals surface area contributed by atoms with Gasteiger partial charge in [-0.15, -0.1) is 0 Å². The van der Waals surface area contributed by atoms with Crippen molar-refractivity contribution in [3.8, 4) is 0 Å². The Kier molecular flexibility index (Phi) is 6.16. The zero-order valence-electron chi connectivity index (χ0n) is 7.03. The monoisotopic (exact) mass is 229 g/mol. The first-order valence-corrected chi connectivity index (χ1v) is 3.87. The molecule has 1 radical (unpaired) electrons. The molecule has 0 aromatic rings. The van der Waals surface area contributed by atoms with Gasteiger partial charge in [0.2, 0.25) is 0 Å². The van der Waals surface area contributed by atoms with Gasteiger partial charge >= 0.3 is 0 Å². The molecule has 0 spiro atoms. The maximum Gasteiger partial charge on any atom is 0.00851 e. The molecular weight excluding hydrogens is 213 g/mol. The van der Waals surface area contributed by atoms with Crippen LogP contribution in [0.25, 0.3) is 0 Å². The molecule has 0 aliphatic carbocycles. The fraction of sp³-hybridized carbons (Fsp3) is 0.750. The van der Waals surface area contributed by atoms with E-state index in [1.54, 1.807) is 0 Å². The third-order valence-corrected chi connectivity index (χ3v) is 2.22. The SMILES string of the molecule is [CH2-]CC1(C[CH2-])CNCCN1.[Y]. The standard InChI is InChI=1S/C8H16N2.Y/c1-3-8(4-2)7-9-5-6-10-8;/h9-10H,1-7H2;/q-2;. The summed E-state index contributed by atoms with van der Waals surface area (Å²) in [6.07, 6.45) is 1.84. The Hall–Kier alpha value is 1.02. The van der Waals surface area contributed by atoms with E-state index in [1.807, 2.05) is 0 Å². The van der Waals surface area contributed by atoms with Gasteiger partial charge in [0.15, 0.2) is 0 Å². The number of hydrogen-bond acceptors (Lipinski definition) is 2. The molecule has 2 nitrogen and oxygen atoms in total. The molecule has 11 heavy (non-hydrogen) atoms. The van der Waals surface area contributed by atoms with Crippen LogP contribution in [0.4, 0.5) is 0 Å². The summed E-state index contributed by atoms with van der Waals surface area (Å²) < 4.78 is 0. The molecule has 1 saturated heterocycles. The third-order valence-electron chi connectivity index (χ3n) is 2.22. The van der Waals surface area contributed by atoms with Crippen LogP contribution < -0.4 is 10.6 Å². The van der Waals surface area contributed by atoms with Crippen molar-refractivity contribution in [3.05, 3.63) is 13.8 Å². The molecule has 1 rings (SSSR count). The van der Waals surface area contributed by atoms with Gasteiger partial charge in [0.25, 0.3) is 0 Å². The number of piperazine rings is 1. The minimum atomic E-state index is 0. The number of rotatable bonds is 2. The third kappa shape index (κ3) is 3.10. The van der Waals surface area contributed by atoms with Crippen molar-refractivity contribution in [2.75, 3.05) is 19.6 Å². The van der Waals surface area contributed by atoms with E-state index in [1.165, 1.54) is 0 Å². The Morgan fingerprint density at radius 2 is 1.82 bits per heavy atom. The molecule has 0 aromatic heterocycles. The van der Waals surface area contributed by atoms with Crippen molar-refractivity contribution in [1.82, 2.24) is 10.6 Å². The molecule has 63 valence electrons. The Balaban J connectivity index is 0.000001000. The van der Waals surface area contributed by atoms with Gasteiger partial charge in [-0.05, 0) is 5.54 Å².